The van der Waals surface area contributed by atoms with E-state index in [-0.39, 0.29) is 33.9 Å². The van der Waals surface area contributed by atoms with Gasteiger partial charge in [-0.15, -0.1) is 0 Å². The van der Waals surface area contributed by atoms with Gasteiger partial charge < -0.3 is 15.5 Å². The zero-order valence-electron chi connectivity index (χ0n) is 20.6. The first-order valence-electron chi connectivity index (χ1n) is 12.4. The van der Waals surface area contributed by atoms with Gasteiger partial charge in [0.1, 0.15) is 11.5 Å². The van der Waals surface area contributed by atoms with Crippen LogP contribution in [-0.4, -0.2) is 24.5 Å². The number of phenolic OH excluding ortho intramolecular Hbond substituents is 1. The molecule has 3 aromatic rings. The predicted octanol–water partition coefficient (Wildman–Crippen LogP) is 5.82. The Kier molecular flexibility index (Phi) is 5.47. The molecule has 3 aliphatic rings. The number of benzene rings is 3. The zero-order valence-corrected chi connectivity index (χ0v) is 21.4. The Hall–Kier alpha value is -4.30. The van der Waals surface area contributed by atoms with Crippen LogP contribution in [-0.2, 0) is 21.2 Å². The normalized spacial score (nSPS) is 22.2. The van der Waals surface area contributed by atoms with Gasteiger partial charge in [-0.3, -0.25) is 9.52 Å². The van der Waals surface area contributed by atoms with Crippen molar-refractivity contribution in [3.63, 3.8) is 0 Å². The van der Waals surface area contributed by atoms with E-state index in [2.05, 4.69) is 10.0 Å². The number of rotatable bonds is 4. The highest BCUT2D eigenvalue weighted by molar-refractivity contribution is 7.92. The van der Waals surface area contributed by atoms with Gasteiger partial charge in [-0.2, -0.15) is 0 Å². The summed E-state index contributed by atoms with van der Waals surface area (Å²) >= 11 is 0. The molecule has 0 spiro atoms. The number of aryl methyl sites for hydroxylation is 1. The number of anilines is 2. The molecule has 1 amide bonds. The van der Waals surface area contributed by atoms with Crippen LogP contribution in [0.4, 0.5) is 11.4 Å². The molecule has 0 saturated heterocycles. The maximum Gasteiger partial charge on any atom is 0.261 e. The van der Waals surface area contributed by atoms with Crippen molar-refractivity contribution in [3.05, 3.63) is 102 Å². The van der Waals surface area contributed by atoms with Gasteiger partial charge in [0.05, 0.1) is 10.6 Å². The number of hydrogen-bond acceptors (Lipinski definition) is 5. The third-order valence-electron chi connectivity index (χ3n) is 7.63. The van der Waals surface area contributed by atoms with Gasteiger partial charge >= 0.3 is 0 Å². The lowest BCUT2D eigenvalue weighted by Gasteiger charge is -2.39. The number of aliphatic hydroxyl groups is 1. The number of aromatic hydroxyl groups is 1. The van der Waals surface area contributed by atoms with Crippen LogP contribution in [0.25, 0.3) is 16.3 Å². The van der Waals surface area contributed by atoms with Crippen LogP contribution in [0.3, 0.4) is 0 Å². The van der Waals surface area contributed by atoms with E-state index in [1.165, 1.54) is 6.07 Å². The number of carbonyl (C=O) groups excluding carboxylic acids is 1. The maximum atomic E-state index is 13.6. The third-order valence-corrected chi connectivity index (χ3v) is 9.00. The minimum absolute atomic E-state index is 0.0137. The van der Waals surface area contributed by atoms with Gasteiger partial charge in [0.25, 0.3) is 10.0 Å². The molecule has 1 aliphatic heterocycles. The first kappa shape index (κ1) is 24.1. The Morgan fingerprint density at radius 2 is 1.79 bits per heavy atom. The molecule has 0 fully saturated rings. The van der Waals surface area contributed by atoms with Crippen molar-refractivity contribution in [2.45, 2.75) is 24.7 Å². The Morgan fingerprint density at radius 3 is 2.61 bits per heavy atom. The highest BCUT2D eigenvalue weighted by Gasteiger charge is 2.40. The molecule has 2 aliphatic carbocycles. The van der Waals surface area contributed by atoms with E-state index < -0.39 is 15.4 Å². The highest BCUT2D eigenvalue weighted by atomic mass is 32.2. The number of amides is 1. The van der Waals surface area contributed by atoms with E-state index in [4.69, 9.17) is 0 Å². The van der Waals surface area contributed by atoms with E-state index >= 15 is 0 Å². The van der Waals surface area contributed by atoms with Crippen LogP contribution >= 0.6 is 0 Å². The topological polar surface area (TPSA) is 116 Å². The minimum atomic E-state index is -4.03. The van der Waals surface area contributed by atoms with Gasteiger partial charge in [0, 0.05) is 45.4 Å². The van der Waals surface area contributed by atoms with E-state index in [1.54, 1.807) is 48.5 Å². The zero-order chi connectivity index (χ0) is 26.7. The molecule has 0 saturated carbocycles. The van der Waals surface area contributed by atoms with Crippen LogP contribution in [0.5, 0.6) is 5.75 Å². The summed E-state index contributed by atoms with van der Waals surface area (Å²) in [6.45, 7) is 1.98. The SMILES string of the molecule is CC12C=CC=CC1C=CC(O)=C2c1cc(NS(=O)(=O)c2ccc3c(c2)CCC(=O)N3)c2ccccc2c1O. The fourth-order valence-corrected chi connectivity index (χ4v) is 6.73. The standard InChI is InChI=1S/C30H26N2O5S/c1-30-15-5-4-6-19(30)10-13-26(33)28(30)23-17-25(21-7-2-3-8-22(21)29(23)35)32-38(36,37)20-11-12-24-18(16-20)9-14-27(34)31-24/h2-8,10-13,15-17,19,32-33,35H,9,14H2,1H3,(H,31,34). The molecule has 8 heteroatoms. The average molecular weight is 527 g/mol. The number of phenols is 1. The van der Waals surface area contributed by atoms with Crippen LogP contribution in [0.2, 0.25) is 0 Å². The minimum Gasteiger partial charge on any atom is -0.508 e. The molecule has 3 aromatic carbocycles. The van der Waals surface area contributed by atoms with Gasteiger partial charge in [0.15, 0.2) is 0 Å². The van der Waals surface area contributed by atoms with E-state index in [0.717, 1.165) is 5.56 Å². The highest BCUT2D eigenvalue weighted by Crippen LogP contribution is 2.53. The van der Waals surface area contributed by atoms with Crippen molar-refractivity contribution in [2.75, 3.05) is 10.0 Å². The second-order valence-corrected chi connectivity index (χ2v) is 11.7. The Morgan fingerprint density at radius 1 is 1.00 bits per heavy atom. The quantitative estimate of drug-likeness (QED) is 0.320. The molecular weight excluding hydrogens is 500 g/mol. The lowest BCUT2D eigenvalue weighted by atomic mass is 9.64. The van der Waals surface area contributed by atoms with Crippen molar-refractivity contribution in [2.24, 2.45) is 11.3 Å². The van der Waals surface area contributed by atoms with E-state index in [9.17, 15) is 23.4 Å². The molecule has 192 valence electrons. The molecule has 2 unspecified atom stereocenters. The Bertz CT molecular complexity index is 1750. The molecule has 38 heavy (non-hydrogen) atoms. The largest absolute Gasteiger partial charge is 0.508 e. The van der Waals surface area contributed by atoms with Crippen LogP contribution in [0.15, 0.2) is 95.6 Å². The lowest BCUT2D eigenvalue weighted by molar-refractivity contribution is -0.116. The summed E-state index contributed by atoms with van der Waals surface area (Å²) in [5.41, 5.74) is 1.87. The Balaban J connectivity index is 1.49. The number of fused-ring (bicyclic) bond motifs is 3. The van der Waals surface area contributed by atoms with Crippen molar-refractivity contribution in [1.29, 1.82) is 0 Å². The molecule has 1 heterocycles. The van der Waals surface area contributed by atoms with Gasteiger partial charge in [-0.1, -0.05) is 61.6 Å². The maximum absolute atomic E-state index is 13.6. The molecular formula is C30H26N2O5S. The lowest BCUT2D eigenvalue weighted by Crippen LogP contribution is -2.29. The fraction of sp³-hybridized carbons (Fsp3) is 0.167. The van der Waals surface area contributed by atoms with Crippen LogP contribution < -0.4 is 10.0 Å². The number of hydrogen-bond donors (Lipinski definition) is 4. The van der Waals surface area contributed by atoms with Crippen LogP contribution in [0.1, 0.15) is 24.5 Å². The fourth-order valence-electron chi connectivity index (χ4n) is 5.61. The predicted molar refractivity (Wildman–Crippen MR) is 148 cm³/mol. The molecule has 7 nitrogen and oxygen atoms in total. The number of carbonyl (C=O) groups is 1. The molecule has 0 bridgehead atoms. The molecule has 0 aromatic heterocycles. The van der Waals surface area contributed by atoms with Gasteiger partial charge in [-0.05, 0) is 42.3 Å². The monoisotopic (exact) mass is 526 g/mol. The Labute approximate surface area is 220 Å². The van der Waals surface area contributed by atoms with Crippen molar-refractivity contribution >= 4 is 43.7 Å². The summed E-state index contributed by atoms with van der Waals surface area (Å²) in [5.74, 6) is -0.156. The first-order chi connectivity index (χ1) is 18.2. The summed E-state index contributed by atoms with van der Waals surface area (Å²) in [7, 11) is -4.03. The van der Waals surface area contributed by atoms with E-state index in [1.807, 2.05) is 37.3 Å². The summed E-state index contributed by atoms with van der Waals surface area (Å²) in [4.78, 5) is 11.8. The summed E-state index contributed by atoms with van der Waals surface area (Å²) < 4.78 is 29.9. The number of nitrogens with one attached hydrogen (secondary N) is 2. The summed E-state index contributed by atoms with van der Waals surface area (Å²) in [5, 5.41) is 26.2. The van der Waals surface area contributed by atoms with Crippen LogP contribution in [0, 0.1) is 11.3 Å². The number of sulfonamides is 1. The van der Waals surface area contributed by atoms with Crippen molar-refractivity contribution in [3.8, 4) is 5.75 Å². The van der Waals surface area contributed by atoms with E-state index in [0.29, 0.717) is 40.4 Å². The van der Waals surface area contributed by atoms with Crippen molar-refractivity contribution < 1.29 is 23.4 Å². The summed E-state index contributed by atoms with van der Waals surface area (Å²) in [6.07, 6.45) is 12.2. The van der Waals surface area contributed by atoms with Gasteiger partial charge in [-0.25, -0.2) is 8.42 Å². The summed E-state index contributed by atoms with van der Waals surface area (Å²) in [6, 6.07) is 13.2. The third kappa shape index (κ3) is 3.80. The second kappa shape index (κ2) is 8.63. The van der Waals surface area contributed by atoms with Gasteiger partial charge in [0.2, 0.25) is 5.91 Å². The number of allylic oxidation sites excluding steroid dienone is 7. The average Bonchev–Trinajstić information content (AvgIpc) is 2.90. The van der Waals surface area contributed by atoms with Crippen molar-refractivity contribution in [1.82, 2.24) is 0 Å². The second-order valence-electron chi connectivity index (χ2n) is 10.0. The smallest absolute Gasteiger partial charge is 0.261 e. The molecule has 4 N–H and O–H groups in total. The first-order valence-corrected chi connectivity index (χ1v) is 13.8. The molecule has 0 radical (unpaired) electrons. The molecule has 6 rings (SSSR count). The molecule has 2 atom stereocenters. The number of aliphatic hydroxyl groups excluding tert-OH is 1.